The Morgan fingerprint density at radius 1 is 1.18 bits per heavy atom. The molecule has 1 amide bonds. The monoisotopic (exact) mass is 446 g/mol. The van der Waals surface area contributed by atoms with Crippen molar-refractivity contribution >= 4 is 11.6 Å². The molecule has 9 heteroatoms. The van der Waals surface area contributed by atoms with Gasteiger partial charge in [0.2, 0.25) is 5.88 Å². The number of methoxy groups -OCH3 is 1. The van der Waals surface area contributed by atoms with Crippen molar-refractivity contribution in [3.8, 4) is 23.0 Å². The number of nitrogens with one attached hydrogen (secondary N) is 1. The smallest absolute Gasteiger partial charge is 0.261 e. The Kier molecular flexibility index (Phi) is 6.50. The third kappa shape index (κ3) is 4.93. The summed E-state index contributed by atoms with van der Waals surface area (Å²) >= 11 is 0. The van der Waals surface area contributed by atoms with Crippen molar-refractivity contribution in [3.63, 3.8) is 0 Å². The first kappa shape index (κ1) is 22.2. The molecule has 0 aliphatic rings. The summed E-state index contributed by atoms with van der Waals surface area (Å²) in [7, 11) is 5.57. The molecular weight excluding hydrogens is 420 g/mol. The molecule has 0 aliphatic heterocycles. The average molecular weight is 447 g/mol. The van der Waals surface area contributed by atoms with E-state index in [4.69, 9.17) is 9.26 Å². The van der Waals surface area contributed by atoms with Crippen LogP contribution in [0.25, 0.3) is 17.1 Å². The number of hydrogen-bond donors (Lipinski definition) is 1. The van der Waals surface area contributed by atoms with E-state index in [9.17, 15) is 4.79 Å². The number of carbonyl (C=O) groups is 1. The van der Waals surface area contributed by atoms with Crippen LogP contribution in [0, 0.1) is 6.92 Å². The van der Waals surface area contributed by atoms with Crippen LogP contribution in [0.1, 0.15) is 21.8 Å². The predicted molar refractivity (Wildman–Crippen MR) is 125 cm³/mol. The van der Waals surface area contributed by atoms with Crippen molar-refractivity contribution in [1.29, 1.82) is 0 Å². The second-order valence-electron chi connectivity index (χ2n) is 7.83. The molecule has 33 heavy (non-hydrogen) atoms. The fraction of sp³-hybridized carbons (Fsp3) is 0.250. The van der Waals surface area contributed by atoms with E-state index >= 15 is 0 Å². The van der Waals surface area contributed by atoms with Gasteiger partial charge in [-0.3, -0.25) is 9.36 Å². The van der Waals surface area contributed by atoms with Crippen LogP contribution in [0.2, 0.25) is 0 Å². The Hall–Kier alpha value is -3.98. The van der Waals surface area contributed by atoms with Gasteiger partial charge in [0.1, 0.15) is 34.9 Å². The number of rotatable bonds is 8. The van der Waals surface area contributed by atoms with Crippen molar-refractivity contribution in [2.45, 2.75) is 13.3 Å². The summed E-state index contributed by atoms with van der Waals surface area (Å²) in [6, 6.07) is 13.0. The Balaban J connectivity index is 1.57. The molecule has 0 saturated heterocycles. The number of ether oxygens (including phenoxy) is 1. The molecule has 0 unspecified atom stereocenters. The van der Waals surface area contributed by atoms with E-state index < -0.39 is 0 Å². The summed E-state index contributed by atoms with van der Waals surface area (Å²) in [5.41, 5.74) is 3.06. The number of pyridine rings is 1. The summed E-state index contributed by atoms with van der Waals surface area (Å²) in [6.07, 6.45) is 4.50. The second-order valence-corrected chi connectivity index (χ2v) is 7.83. The molecule has 3 aromatic heterocycles. The number of aromatic nitrogens is 4. The molecule has 170 valence electrons. The Labute approximate surface area is 192 Å². The number of nitrogens with zero attached hydrogens (tertiary/aromatic N) is 5. The molecule has 3 heterocycles. The molecule has 0 spiro atoms. The molecule has 0 saturated carbocycles. The average Bonchev–Trinajstić information content (AvgIpc) is 3.45. The van der Waals surface area contributed by atoms with Gasteiger partial charge in [0, 0.05) is 24.7 Å². The summed E-state index contributed by atoms with van der Waals surface area (Å²) < 4.78 is 12.6. The molecule has 0 aliphatic carbocycles. The van der Waals surface area contributed by atoms with Crippen molar-refractivity contribution in [1.82, 2.24) is 24.6 Å². The van der Waals surface area contributed by atoms with Gasteiger partial charge >= 0.3 is 0 Å². The molecule has 0 atom stereocenters. The van der Waals surface area contributed by atoms with Crippen molar-refractivity contribution in [2.75, 3.05) is 33.1 Å². The van der Waals surface area contributed by atoms with E-state index in [0.717, 1.165) is 24.2 Å². The lowest BCUT2D eigenvalue weighted by atomic mass is 10.1. The highest BCUT2D eigenvalue weighted by Gasteiger charge is 2.23. The van der Waals surface area contributed by atoms with Crippen LogP contribution in [-0.4, -0.2) is 58.2 Å². The van der Waals surface area contributed by atoms with Crippen molar-refractivity contribution < 1.29 is 14.1 Å². The molecule has 4 rings (SSSR count). The second kappa shape index (κ2) is 9.66. The van der Waals surface area contributed by atoms with Crippen molar-refractivity contribution in [3.05, 3.63) is 72.0 Å². The largest absolute Gasteiger partial charge is 0.479 e. The topological polar surface area (TPSA) is 98.3 Å². The molecule has 0 bridgehead atoms. The van der Waals surface area contributed by atoms with E-state index in [1.807, 2.05) is 55.2 Å². The van der Waals surface area contributed by atoms with Gasteiger partial charge in [-0.25, -0.2) is 4.98 Å². The normalized spacial score (nSPS) is 11.1. The number of hydrogen-bond acceptors (Lipinski definition) is 7. The van der Waals surface area contributed by atoms with Gasteiger partial charge < -0.3 is 19.5 Å². The highest BCUT2D eigenvalue weighted by molar-refractivity contribution is 6.09. The van der Waals surface area contributed by atoms with E-state index in [0.29, 0.717) is 34.4 Å². The maximum atomic E-state index is 13.1. The highest BCUT2D eigenvalue weighted by Crippen LogP contribution is 2.28. The molecule has 0 radical (unpaired) electrons. The van der Waals surface area contributed by atoms with Gasteiger partial charge in [0.15, 0.2) is 0 Å². The maximum Gasteiger partial charge on any atom is 0.261 e. The summed E-state index contributed by atoms with van der Waals surface area (Å²) in [5, 5.41) is 6.95. The Morgan fingerprint density at radius 3 is 2.70 bits per heavy atom. The van der Waals surface area contributed by atoms with Crippen molar-refractivity contribution in [2.24, 2.45) is 0 Å². The van der Waals surface area contributed by atoms with Crippen LogP contribution in [0.3, 0.4) is 0 Å². The minimum Gasteiger partial charge on any atom is -0.479 e. The van der Waals surface area contributed by atoms with Crippen LogP contribution in [0.15, 0.2) is 59.5 Å². The SMILES string of the molecule is COc1nc(-n2cnc(CCN(C)C)c2)ccc1NC(=O)c1c(-c2ccccc2)noc1C. The zero-order chi connectivity index (χ0) is 23.4. The van der Waals surface area contributed by atoms with Gasteiger partial charge in [-0.2, -0.15) is 4.98 Å². The van der Waals surface area contributed by atoms with Crippen LogP contribution >= 0.6 is 0 Å². The summed E-state index contributed by atoms with van der Waals surface area (Å²) in [4.78, 5) is 24.2. The number of imidazole rings is 1. The number of aryl methyl sites for hydroxylation is 1. The first-order valence-electron chi connectivity index (χ1n) is 10.5. The summed E-state index contributed by atoms with van der Waals surface area (Å²) in [6.45, 7) is 2.62. The van der Waals surface area contributed by atoms with E-state index in [-0.39, 0.29) is 5.91 Å². The van der Waals surface area contributed by atoms with E-state index in [1.54, 1.807) is 25.4 Å². The first-order valence-corrected chi connectivity index (χ1v) is 10.5. The fourth-order valence-corrected chi connectivity index (χ4v) is 3.40. The van der Waals surface area contributed by atoms with Crippen LogP contribution in [0.4, 0.5) is 5.69 Å². The number of likely N-dealkylation sites (N-methyl/N-ethyl adjacent to an activating group) is 1. The van der Waals surface area contributed by atoms with Gasteiger partial charge in [-0.15, -0.1) is 0 Å². The Bertz CT molecular complexity index is 1250. The van der Waals surface area contributed by atoms with E-state index in [2.05, 4.69) is 25.3 Å². The zero-order valence-electron chi connectivity index (χ0n) is 19.1. The number of benzene rings is 1. The van der Waals surface area contributed by atoms with Gasteiger partial charge in [-0.05, 0) is 33.2 Å². The zero-order valence-corrected chi connectivity index (χ0v) is 19.1. The fourth-order valence-electron chi connectivity index (χ4n) is 3.40. The van der Waals surface area contributed by atoms with Crippen LogP contribution in [0.5, 0.6) is 5.88 Å². The lowest BCUT2D eigenvalue weighted by molar-refractivity contribution is 0.102. The van der Waals surface area contributed by atoms with Gasteiger partial charge in [-0.1, -0.05) is 35.5 Å². The Morgan fingerprint density at radius 2 is 1.97 bits per heavy atom. The molecule has 0 fully saturated rings. The highest BCUT2D eigenvalue weighted by atomic mass is 16.5. The van der Waals surface area contributed by atoms with Gasteiger partial charge in [0.25, 0.3) is 5.91 Å². The number of amides is 1. The maximum absolute atomic E-state index is 13.1. The predicted octanol–water partition coefficient (Wildman–Crippen LogP) is 3.60. The van der Waals surface area contributed by atoms with E-state index in [1.165, 1.54) is 7.11 Å². The number of carbonyl (C=O) groups excluding carboxylic acids is 1. The minimum atomic E-state index is -0.353. The van der Waals surface area contributed by atoms with Crippen LogP contribution < -0.4 is 10.1 Å². The minimum absolute atomic E-state index is 0.291. The molecule has 4 aromatic rings. The lowest BCUT2D eigenvalue weighted by Gasteiger charge is -2.11. The quantitative estimate of drug-likeness (QED) is 0.442. The third-order valence-electron chi connectivity index (χ3n) is 5.14. The molecule has 9 nitrogen and oxygen atoms in total. The molecule has 1 N–H and O–H groups in total. The first-order chi connectivity index (χ1) is 16.0. The molecule has 1 aromatic carbocycles. The summed E-state index contributed by atoms with van der Waals surface area (Å²) in [5.74, 6) is 1.01. The third-order valence-corrected chi connectivity index (χ3v) is 5.14. The number of anilines is 1. The van der Waals surface area contributed by atoms with Gasteiger partial charge in [0.05, 0.1) is 12.8 Å². The lowest BCUT2D eigenvalue weighted by Crippen LogP contribution is -2.15. The standard InChI is InChI=1S/C24H26N6O3/c1-16-21(22(28-33-16)17-8-6-5-7-9-17)23(31)26-19-10-11-20(27-24(19)32-4)30-14-18(25-15-30)12-13-29(2)3/h5-11,14-15H,12-13H2,1-4H3,(H,26,31). The van der Waals surface area contributed by atoms with Crippen LogP contribution in [-0.2, 0) is 6.42 Å². The molecular formula is C24H26N6O3.